The molecule has 0 aliphatic heterocycles. The zero-order chi connectivity index (χ0) is 21.8. The van der Waals surface area contributed by atoms with Crippen LogP contribution in [0.5, 0.6) is 0 Å². The Bertz CT molecular complexity index is 1160. The van der Waals surface area contributed by atoms with Gasteiger partial charge in [0.05, 0.1) is 5.56 Å². The van der Waals surface area contributed by atoms with Crippen LogP contribution in [0.1, 0.15) is 30.0 Å². The summed E-state index contributed by atoms with van der Waals surface area (Å²) < 4.78 is 1.93. The molecular weight excluding hydrogens is 388 g/mol. The smallest absolute Gasteiger partial charge is 0.257 e. The summed E-state index contributed by atoms with van der Waals surface area (Å²) in [5.74, 6) is 2.23. The Balaban J connectivity index is 1.45. The SMILES string of the molecule is CCN(CC)c1cc(Nc2ccc(NC(=O)c3cc4ccccn4c3)cc2)nc(C)n1. The molecule has 3 heterocycles. The summed E-state index contributed by atoms with van der Waals surface area (Å²) in [6, 6.07) is 17.3. The molecule has 0 fully saturated rings. The molecule has 0 radical (unpaired) electrons. The maximum absolute atomic E-state index is 12.6. The highest BCUT2D eigenvalue weighted by Crippen LogP contribution is 2.22. The molecule has 2 N–H and O–H groups in total. The van der Waals surface area contributed by atoms with Crippen LogP contribution in [-0.4, -0.2) is 33.4 Å². The lowest BCUT2D eigenvalue weighted by Gasteiger charge is -2.20. The van der Waals surface area contributed by atoms with Gasteiger partial charge in [0.15, 0.2) is 0 Å². The van der Waals surface area contributed by atoms with Gasteiger partial charge in [-0.25, -0.2) is 9.97 Å². The molecule has 158 valence electrons. The van der Waals surface area contributed by atoms with Crippen molar-refractivity contribution in [3.63, 3.8) is 0 Å². The van der Waals surface area contributed by atoms with E-state index in [1.165, 1.54) is 0 Å². The van der Waals surface area contributed by atoms with E-state index >= 15 is 0 Å². The highest BCUT2D eigenvalue weighted by atomic mass is 16.1. The Morgan fingerprint density at radius 1 is 1.00 bits per heavy atom. The van der Waals surface area contributed by atoms with Crippen molar-refractivity contribution in [3.05, 3.63) is 78.4 Å². The highest BCUT2D eigenvalue weighted by molar-refractivity contribution is 6.05. The summed E-state index contributed by atoms with van der Waals surface area (Å²) in [7, 11) is 0. The van der Waals surface area contributed by atoms with Crippen molar-refractivity contribution in [1.82, 2.24) is 14.4 Å². The number of carbonyl (C=O) groups excluding carboxylic acids is 1. The van der Waals surface area contributed by atoms with Crippen LogP contribution in [0.15, 0.2) is 67.0 Å². The van der Waals surface area contributed by atoms with E-state index in [1.807, 2.05) is 78.3 Å². The number of carbonyl (C=O) groups is 1. The topological polar surface area (TPSA) is 74.6 Å². The van der Waals surface area contributed by atoms with Gasteiger partial charge in [-0.1, -0.05) is 6.07 Å². The number of aromatic nitrogens is 3. The predicted octanol–water partition coefficient (Wildman–Crippen LogP) is 4.88. The lowest BCUT2D eigenvalue weighted by atomic mass is 10.2. The third-order valence-corrected chi connectivity index (χ3v) is 5.09. The number of nitrogens with zero attached hydrogens (tertiary/aromatic N) is 4. The minimum absolute atomic E-state index is 0.139. The molecule has 3 aromatic heterocycles. The van der Waals surface area contributed by atoms with E-state index in [4.69, 9.17) is 0 Å². The van der Waals surface area contributed by atoms with Gasteiger partial charge in [0.2, 0.25) is 0 Å². The molecular formula is C24H26N6O. The number of anilines is 4. The second kappa shape index (κ2) is 8.87. The highest BCUT2D eigenvalue weighted by Gasteiger charge is 2.10. The first kappa shape index (κ1) is 20.4. The Morgan fingerprint density at radius 2 is 1.74 bits per heavy atom. The zero-order valence-corrected chi connectivity index (χ0v) is 18.0. The first-order valence-corrected chi connectivity index (χ1v) is 10.4. The summed E-state index contributed by atoms with van der Waals surface area (Å²) in [5.41, 5.74) is 3.22. The van der Waals surface area contributed by atoms with E-state index in [1.54, 1.807) is 0 Å². The normalized spacial score (nSPS) is 10.8. The molecule has 0 unspecified atom stereocenters. The molecule has 4 rings (SSSR count). The fourth-order valence-electron chi connectivity index (χ4n) is 3.49. The molecule has 7 nitrogen and oxygen atoms in total. The van der Waals surface area contributed by atoms with Crippen LogP contribution in [-0.2, 0) is 0 Å². The molecule has 31 heavy (non-hydrogen) atoms. The van der Waals surface area contributed by atoms with Gasteiger partial charge in [-0.05, 0) is 63.2 Å². The van der Waals surface area contributed by atoms with Gasteiger partial charge in [-0.3, -0.25) is 4.79 Å². The monoisotopic (exact) mass is 414 g/mol. The number of benzene rings is 1. The number of aryl methyl sites for hydroxylation is 1. The summed E-state index contributed by atoms with van der Waals surface area (Å²) >= 11 is 0. The van der Waals surface area contributed by atoms with E-state index in [9.17, 15) is 4.79 Å². The third kappa shape index (κ3) is 4.66. The van der Waals surface area contributed by atoms with Gasteiger partial charge in [0.25, 0.3) is 5.91 Å². The number of hydrogen-bond donors (Lipinski definition) is 2. The second-order valence-corrected chi connectivity index (χ2v) is 7.25. The summed E-state index contributed by atoms with van der Waals surface area (Å²) in [6.07, 6.45) is 3.75. The fourth-order valence-corrected chi connectivity index (χ4v) is 3.49. The Morgan fingerprint density at radius 3 is 2.45 bits per heavy atom. The first-order chi connectivity index (χ1) is 15.1. The van der Waals surface area contributed by atoms with Crippen LogP contribution in [0, 0.1) is 6.92 Å². The van der Waals surface area contributed by atoms with Gasteiger partial charge < -0.3 is 19.9 Å². The second-order valence-electron chi connectivity index (χ2n) is 7.25. The number of pyridine rings is 1. The lowest BCUT2D eigenvalue weighted by molar-refractivity contribution is 0.102. The molecule has 1 amide bonds. The van der Waals surface area contributed by atoms with Crippen molar-refractivity contribution in [3.8, 4) is 0 Å². The van der Waals surface area contributed by atoms with Crippen LogP contribution in [0.4, 0.5) is 23.0 Å². The minimum Gasteiger partial charge on any atom is -0.357 e. The van der Waals surface area contributed by atoms with E-state index in [2.05, 4.69) is 39.3 Å². The Kier molecular flexibility index (Phi) is 5.84. The van der Waals surface area contributed by atoms with E-state index in [0.29, 0.717) is 5.56 Å². The zero-order valence-electron chi connectivity index (χ0n) is 18.0. The van der Waals surface area contributed by atoms with Crippen molar-refractivity contribution >= 4 is 34.4 Å². The Hall–Kier alpha value is -3.87. The molecule has 0 aliphatic carbocycles. The molecule has 0 aliphatic rings. The maximum atomic E-state index is 12.6. The van der Waals surface area contributed by atoms with Gasteiger partial charge in [-0.2, -0.15) is 0 Å². The molecule has 0 saturated carbocycles. The van der Waals surface area contributed by atoms with Crippen LogP contribution in [0.2, 0.25) is 0 Å². The van der Waals surface area contributed by atoms with Gasteiger partial charge >= 0.3 is 0 Å². The number of amides is 1. The molecule has 1 aromatic carbocycles. The molecule has 0 atom stereocenters. The minimum atomic E-state index is -0.139. The average Bonchev–Trinajstić information content (AvgIpc) is 3.20. The van der Waals surface area contributed by atoms with Gasteiger partial charge in [0, 0.05) is 48.4 Å². The van der Waals surface area contributed by atoms with Crippen molar-refractivity contribution in [2.24, 2.45) is 0 Å². The average molecular weight is 415 g/mol. The standard InChI is InChI=1S/C24H26N6O/c1-4-29(5-2)23-15-22(25-17(3)26-23)27-19-9-11-20(12-10-19)28-24(31)18-14-21-8-6-7-13-30(21)16-18/h6-16H,4-5H2,1-3H3,(H,28,31)(H,25,26,27). The van der Waals surface area contributed by atoms with Crippen LogP contribution in [0.3, 0.4) is 0 Å². The Labute approximate surface area is 181 Å². The summed E-state index contributed by atoms with van der Waals surface area (Å²) in [6.45, 7) is 7.88. The van der Waals surface area contributed by atoms with Gasteiger partial charge in [0.1, 0.15) is 17.5 Å². The number of fused-ring (bicyclic) bond motifs is 1. The number of nitrogens with one attached hydrogen (secondary N) is 2. The molecule has 0 spiro atoms. The number of rotatable bonds is 7. The molecule has 0 bridgehead atoms. The third-order valence-electron chi connectivity index (χ3n) is 5.09. The van der Waals surface area contributed by atoms with Crippen molar-refractivity contribution < 1.29 is 4.79 Å². The molecule has 0 saturated heterocycles. The van der Waals surface area contributed by atoms with Crippen LogP contribution < -0.4 is 15.5 Å². The largest absolute Gasteiger partial charge is 0.357 e. The van der Waals surface area contributed by atoms with E-state index in [0.717, 1.165) is 47.4 Å². The first-order valence-electron chi connectivity index (χ1n) is 10.4. The van der Waals surface area contributed by atoms with Gasteiger partial charge in [-0.15, -0.1) is 0 Å². The van der Waals surface area contributed by atoms with Crippen LogP contribution in [0.25, 0.3) is 5.52 Å². The fraction of sp³-hybridized carbons (Fsp3) is 0.208. The van der Waals surface area contributed by atoms with Crippen molar-refractivity contribution in [2.75, 3.05) is 28.6 Å². The van der Waals surface area contributed by atoms with Crippen molar-refractivity contribution in [2.45, 2.75) is 20.8 Å². The molecule has 7 heteroatoms. The van der Waals surface area contributed by atoms with E-state index in [-0.39, 0.29) is 5.91 Å². The summed E-state index contributed by atoms with van der Waals surface area (Å²) in [5, 5.41) is 6.27. The van der Waals surface area contributed by atoms with E-state index < -0.39 is 0 Å². The number of hydrogen-bond acceptors (Lipinski definition) is 5. The lowest BCUT2D eigenvalue weighted by Crippen LogP contribution is -2.23. The molecule has 4 aromatic rings. The quantitative estimate of drug-likeness (QED) is 0.451. The maximum Gasteiger partial charge on any atom is 0.257 e. The summed E-state index contributed by atoms with van der Waals surface area (Å²) in [4.78, 5) is 23.8. The van der Waals surface area contributed by atoms with Crippen molar-refractivity contribution in [1.29, 1.82) is 0 Å². The predicted molar refractivity (Wildman–Crippen MR) is 125 cm³/mol. The van der Waals surface area contributed by atoms with Crippen LogP contribution >= 0.6 is 0 Å².